The predicted octanol–water partition coefficient (Wildman–Crippen LogP) is 3.94. The lowest BCUT2D eigenvalue weighted by Gasteiger charge is -2.50. The van der Waals surface area contributed by atoms with E-state index < -0.39 is 0 Å². The van der Waals surface area contributed by atoms with Crippen molar-refractivity contribution in [3.63, 3.8) is 0 Å². The van der Waals surface area contributed by atoms with Gasteiger partial charge in [0.25, 0.3) is 0 Å². The molecule has 2 aliphatic rings. The van der Waals surface area contributed by atoms with Crippen LogP contribution in [0.1, 0.15) is 37.7 Å². The summed E-state index contributed by atoms with van der Waals surface area (Å²) in [7, 11) is 4.11. The molecule has 3 heteroatoms. The molecule has 2 bridgehead atoms. The van der Waals surface area contributed by atoms with Crippen molar-refractivity contribution in [1.82, 2.24) is 4.90 Å². The number of nitrogens with zero attached hydrogens (tertiary/aromatic N) is 1. The molecule has 2 nitrogen and oxygen atoms in total. The van der Waals surface area contributed by atoms with Gasteiger partial charge < -0.3 is 4.74 Å². The number of ether oxygens (including phenoxy) is 1. The van der Waals surface area contributed by atoms with Gasteiger partial charge >= 0.3 is 0 Å². The van der Waals surface area contributed by atoms with Crippen molar-refractivity contribution in [1.29, 1.82) is 0 Å². The third kappa shape index (κ3) is 2.18. The minimum absolute atomic E-state index is 0.267. The van der Waals surface area contributed by atoms with Crippen LogP contribution in [0.3, 0.4) is 0 Å². The summed E-state index contributed by atoms with van der Waals surface area (Å²) in [5, 5.41) is 0.819. The molecule has 0 amide bonds. The molecule has 2 unspecified atom stereocenters. The maximum atomic E-state index is 6.04. The van der Waals surface area contributed by atoms with E-state index in [1.807, 2.05) is 19.2 Å². The number of benzene rings is 1. The van der Waals surface area contributed by atoms with E-state index in [4.69, 9.17) is 16.3 Å². The normalized spacial score (nSPS) is 37.3. The first-order chi connectivity index (χ1) is 9.56. The zero-order chi connectivity index (χ0) is 14.3. The summed E-state index contributed by atoms with van der Waals surface area (Å²) in [6.45, 7) is 3.25. The first-order valence-corrected chi connectivity index (χ1v) is 7.91. The zero-order valence-electron chi connectivity index (χ0n) is 12.6. The highest BCUT2D eigenvalue weighted by Gasteiger charge is 2.53. The van der Waals surface area contributed by atoms with Crippen LogP contribution in [0, 0.1) is 5.92 Å². The molecule has 3 rings (SSSR count). The van der Waals surface area contributed by atoms with Crippen molar-refractivity contribution in [2.24, 2.45) is 5.92 Å². The maximum absolute atomic E-state index is 6.04. The fourth-order valence-electron chi connectivity index (χ4n) is 4.41. The molecule has 0 N–H and O–H groups in total. The van der Waals surface area contributed by atoms with E-state index in [-0.39, 0.29) is 5.54 Å². The molecular weight excluding hydrogens is 270 g/mol. The molecule has 2 aliphatic heterocycles. The Balaban J connectivity index is 1.95. The van der Waals surface area contributed by atoms with E-state index in [0.29, 0.717) is 17.9 Å². The van der Waals surface area contributed by atoms with E-state index in [9.17, 15) is 0 Å². The summed E-state index contributed by atoms with van der Waals surface area (Å²) in [6.07, 6.45) is 3.84. The predicted molar refractivity (Wildman–Crippen MR) is 83.4 cm³/mol. The molecule has 2 fully saturated rings. The van der Waals surface area contributed by atoms with Gasteiger partial charge in [0, 0.05) is 29.6 Å². The van der Waals surface area contributed by atoms with Gasteiger partial charge in [-0.3, -0.25) is 4.90 Å². The van der Waals surface area contributed by atoms with Gasteiger partial charge in [0.05, 0.1) is 6.61 Å². The van der Waals surface area contributed by atoms with Crippen molar-refractivity contribution in [2.75, 3.05) is 20.8 Å². The minimum Gasteiger partial charge on any atom is -0.384 e. The molecule has 20 heavy (non-hydrogen) atoms. The molecule has 110 valence electrons. The lowest BCUT2D eigenvalue weighted by atomic mass is 9.70. The van der Waals surface area contributed by atoms with Crippen LogP contribution in [0.15, 0.2) is 24.3 Å². The summed E-state index contributed by atoms with van der Waals surface area (Å²) in [6, 6.07) is 9.15. The summed E-state index contributed by atoms with van der Waals surface area (Å²) >= 11 is 6.04. The van der Waals surface area contributed by atoms with Gasteiger partial charge in [-0.1, -0.05) is 23.7 Å². The second-order valence-corrected chi connectivity index (χ2v) is 7.05. The quantitative estimate of drug-likeness (QED) is 0.837. The largest absolute Gasteiger partial charge is 0.384 e. The SMILES string of the molecule is COCC1C(c2ccc(Cl)cc2)C[C@@H]2CC[C@@]1(C)N2C. The number of hydrogen-bond acceptors (Lipinski definition) is 2. The molecule has 2 heterocycles. The average Bonchev–Trinajstić information content (AvgIpc) is 2.63. The third-order valence-corrected chi connectivity index (χ3v) is 6.04. The number of rotatable bonds is 3. The summed E-state index contributed by atoms with van der Waals surface area (Å²) in [4.78, 5) is 2.60. The minimum atomic E-state index is 0.267. The van der Waals surface area contributed by atoms with Crippen LogP contribution in [-0.4, -0.2) is 37.2 Å². The molecule has 1 aromatic carbocycles. The third-order valence-electron chi connectivity index (χ3n) is 5.79. The van der Waals surface area contributed by atoms with Crippen molar-refractivity contribution in [3.05, 3.63) is 34.9 Å². The van der Waals surface area contributed by atoms with Gasteiger partial charge in [-0.05, 0) is 56.8 Å². The molecule has 2 saturated heterocycles. The number of halogens is 1. The van der Waals surface area contributed by atoms with E-state index in [0.717, 1.165) is 11.6 Å². The van der Waals surface area contributed by atoms with Crippen LogP contribution >= 0.6 is 11.6 Å². The lowest BCUT2D eigenvalue weighted by molar-refractivity contribution is -0.0168. The van der Waals surface area contributed by atoms with Gasteiger partial charge in [-0.15, -0.1) is 0 Å². The van der Waals surface area contributed by atoms with Crippen LogP contribution in [0.4, 0.5) is 0 Å². The molecule has 0 aliphatic carbocycles. The Hall–Kier alpha value is -0.570. The number of hydrogen-bond donors (Lipinski definition) is 0. The Bertz CT molecular complexity index is 474. The van der Waals surface area contributed by atoms with Gasteiger partial charge in [0.2, 0.25) is 0 Å². The van der Waals surface area contributed by atoms with Crippen LogP contribution < -0.4 is 0 Å². The molecule has 4 atom stereocenters. The molecule has 0 saturated carbocycles. The average molecular weight is 294 g/mol. The van der Waals surface area contributed by atoms with E-state index in [2.05, 4.69) is 31.0 Å². The lowest BCUT2D eigenvalue weighted by Crippen LogP contribution is -2.55. The Morgan fingerprint density at radius 1 is 1.35 bits per heavy atom. The number of fused-ring (bicyclic) bond motifs is 2. The van der Waals surface area contributed by atoms with Crippen LogP contribution in [-0.2, 0) is 4.74 Å². The van der Waals surface area contributed by atoms with E-state index >= 15 is 0 Å². The Labute approximate surface area is 127 Å². The van der Waals surface area contributed by atoms with Gasteiger partial charge in [0.15, 0.2) is 0 Å². The monoisotopic (exact) mass is 293 g/mol. The smallest absolute Gasteiger partial charge is 0.0513 e. The zero-order valence-corrected chi connectivity index (χ0v) is 13.4. The van der Waals surface area contributed by atoms with E-state index in [1.54, 1.807) is 0 Å². The molecule has 0 spiro atoms. The second kappa shape index (κ2) is 5.32. The van der Waals surface area contributed by atoms with Gasteiger partial charge in [-0.25, -0.2) is 0 Å². The van der Waals surface area contributed by atoms with E-state index in [1.165, 1.54) is 24.8 Å². The first-order valence-electron chi connectivity index (χ1n) is 7.53. The Morgan fingerprint density at radius 2 is 2.05 bits per heavy atom. The highest BCUT2D eigenvalue weighted by molar-refractivity contribution is 6.30. The maximum Gasteiger partial charge on any atom is 0.0513 e. The van der Waals surface area contributed by atoms with Crippen molar-refractivity contribution in [2.45, 2.75) is 43.7 Å². The Morgan fingerprint density at radius 3 is 2.70 bits per heavy atom. The van der Waals surface area contributed by atoms with Crippen LogP contribution in [0.25, 0.3) is 0 Å². The van der Waals surface area contributed by atoms with Crippen molar-refractivity contribution in [3.8, 4) is 0 Å². The Kier molecular flexibility index (Phi) is 3.83. The van der Waals surface area contributed by atoms with Gasteiger partial charge in [-0.2, -0.15) is 0 Å². The van der Waals surface area contributed by atoms with Crippen LogP contribution in [0.5, 0.6) is 0 Å². The van der Waals surface area contributed by atoms with Crippen molar-refractivity contribution < 1.29 is 4.74 Å². The molecule has 1 aromatic rings. The summed E-state index contributed by atoms with van der Waals surface area (Å²) < 4.78 is 5.57. The summed E-state index contributed by atoms with van der Waals surface area (Å²) in [5.41, 5.74) is 1.69. The fraction of sp³-hybridized carbons (Fsp3) is 0.647. The van der Waals surface area contributed by atoms with Crippen molar-refractivity contribution >= 4 is 11.6 Å². The topological polar surface area (TPSA) is 12.5 Å². The standard InChI is InChI=1S/C17H24ClNO/c1-17-9-8-14(19(17)2)10-15(16(17)11-20-3)12-4-6-13(18)7-5-12/h4-7,14-16H,8-11H2,1-3H3/t14-,15?,16?,17+/m0/s1. The highest BCUT2D eigenvalue weighted by Crippen LogP contribution is 2.52. The fourth-order valence-corrected chi connectivity index (χ4v) is 4.54. The molecular formula is C17H24ClNO. The second-order valence-electron chi connectivity index (χ2n) is 6.62. The highest BCUT2D eigenvalue weighted by atomic mass is 35.5. The van der Waals surface area contributed by atoms with Gasteiger partial charge in [0.1, 0.15) is 0 Å². The number of piperidine rings is 1. The van der Waals surface area contributed by atoms with Crippen LogP contribution in [0.2, 0.25) is 5.02 Å². The number of methoxy groups -OCH3 is 1. The summed E-state index contributed by atoms with van der Waals surface area (Å²) in [5.74, 6) is 1.14. The first kappa shape index (κ1) is 14.4. The molecule has 0 radical (unpaired) electrons. The molecule has 0 aromatic heterocycles.